The molecule has 112 valence electrons. The number of carbonyl (C=O) groups excluding carboxylic acids is 1. The van der Waals surface area contributed by atoms with Gasteiger partial charge in [-0.1, -0.05) is 49.4 Å². The van der Waals surface area contributed by atoms with Crippen LogP contribution in [0.2, 0.25) is 0 Å². The summed E-state index contributed by atoms with van der Waals surface area (Å²) in [6.07, 6.45) is 1.71. The predicted molar refractivity (Wildman–Crippen MR) is 87.6 cm³/mol. The smallest absolute Gasteiger partial charge is 0.240 e. The zero-order valence-electron chi connectivity index (χ0n) is 12.6. The molecule has 1 aromatic heterocycles. The number of rotatable bonds is 5. The molecule has 0 saturated heterocycles. The van der Waals surface area contributed by atoms with Crippen molar-refractivity contribution in [3.05, 3.63) is 66.5 Å². The molecule has 0 unspecified atom stereocenters. The normalized spacial score (nSPS) is 12.2. The summed E-state index contributed by atoms with van der Waals surface area (Å²) in [5.74, 6) is 0.301. The standard InChI is InChI=1S/C18H19N3O/c1-14(15-7-3-2-4-8-15)11-19-18(22)12-21-13-20-16-9-5-6-10-17(16)21/h2-10,13-14H,11-12H2,1H3,(H,19,22)/t14-/m1/s1. The maximum absolute atomic E-state index is 12.1. The number of carbonyl (C=O) groups is 1. The Morgan fingerprint density at radius 1 is 1.14 bits per heavy atom. The zero-order chi connectivity index (χ0) is 15.4. The highest BCUT2D eigenvalue weighted by molar-refractivity contribution is 5.80. The summed E-state index contributed by atoms with van der Waals surface area (Å²) < 4.78 is 1.87. The van der Waals surface area contributed by atoms with E-state index >= 15 is 0 Å². The molecule has 3 aromatic rings. The molecule has 0 aliphatic carbocycles. The highest BCUT2D eigenvalue weighted by Gasteiger charge is 2.09. The summed E-state index contributed by atoms with van der Waals surface area (Å²) in [4.78, 5) is 16.4. The molecule has 0 radical (unpaired) electrons. The van der Waals surface area contributed by atoms with Gasteiger partial charge in [0.05, 0.1) is 17.4 Å². The lowest BCUT2D eigenvalue weighted by Crippen LogP contribution is -2.30. The third kappa shape index (κ3) is 3.17. The Kier molecular flexibility index (Phi) is 4.19. The van der Waals surface area contributed by atoms with Gasteiger partial charge in [0.15, 0.2) is 0 Å². The average Bonchev–Trinajstić information content (AvgIpc) is 2.97. The molecule has 0 aliphatic heterocycles. The number of imidazole rings is 1. The molecular formula is C18H19N3O. The molecule has 22 heavy (non-hydrogen) atoms. The van der Waals surface area contributed by atoms with Crippen LogP contribution in [0.1, 0.15) is 18.4 Å². The topological polar surface area (TPSA) is 46.9 Å². The van der Waals surface area contributed by atoms with Gasteiger partial charge in [0.1, 0.15) is 6.54 Å². The van der Waals surface area contributed by atoms with Crippen LogP contribution >= 0.6 is 0 Å². The molecule has 0 aliphatic rings. The van der Waals surface area contributed by atoms with Crippen LogP contribution in [0.4, 0.5) is 0 Å². The molecule has 1 atom stereocenters. The predicted octanol–water partition coefficient (Wildman–Crippen LogP) is 2.96. The molecule has 2 aromatic carbocycles. The van der Waals surface area contributed by atoms with E-state index in [9.17, 15) is 4.79 Å². The van der Waals surface area contributed by atoms with E-state index in [1.807, 2.05) is 47.0 Å². The molecule has 0 spiro atoms. The van der Waals surface area contributed by atoms with Crippen LogP contribution < -0.4 is 5.32 Å². The van der Waals surface area contributed by atoms with Crippen LogP contribution in [0.3, 0.4) is 0 Å². The first kappa shape index (κ1) is 14.3. The van der Waals surface area contributed by atoms with Gasteiger partial charge in [-0.05, 0) is 23.6 Å². The minimum atomic E-state index is 0.00549. The molecule has 0 fully saturated rings. The van der Waals surface area contributed by atoms with Crippen LogP contribution in [0.15, 0.2) is 60.9 Å². The van der Waals surface area contributed by atoms with Crippen molar-refractivity contribution in [3.63, 3.8) is 0 Å². The van der Waals surface area contributed by atoms with Crippen molar-refractivity contribution < 1.29 is 4.79 Å². The van der Waals surface area contributed by atoms with Crippen LogP contribution in [0, 0.1) is 0 Å². The molecule has 1 N–H and O–H groups in total. The maximum atomic E-state index is 12.1. The summed E-state index contributed by atoms with van der Waals surface area (Å²) in [6, 6.07) is 18.0. The van der Waals surface area contributed by atoms with E-state index in [2.05, 4.69) is 29.4 Å². The first-order chi connectivity index (χ1) is 10.7. The van der Waals surface area contributed by atoms with Gasteiger partial charge >= 0.3 is 0 Å². The minimum absolute atomic E-state index is 0.00549. The number of hydrogen-bond donors (Lipinski definition) is 1. The van der Waals surface area contributed by atoms with E-state index in [0.717, 1.165) is 11.0 Å². The first-order valence-electron chi connectivity index (χ1n) is 7.45. The van der Waals surface area contributed by atoms with Crippen molar-refractivity contribution in [2.45, 2.75) is 19.4 Å². The molecule has 0 bridgehead atoms. The number of nitrogens with one attached hydrogen (secondary N) is 1. The number of para-hydroxylation sites is 2. The van der Waals surface area contributed by atoms with E-state index in [1.165, 1.54) is 5.56 Å². The lowest BCUT2D eigenvalue weighted by molar-refractivity contribution is -0.121. The summed E-state index contributed by atoms with van der Waals surface area (Å²) in [5, 5.41) is 3.00. The summed E-state index contributed by atoms with van der Waals surface area (Å²) in [7, 11) is 0. The highest BCUT2D eigenvalue weighted by atomic mass is 16.1. The zero-order valence-corrected chi connectivity index (χ0v) is 12.6. The third-order valence-electron chi connectivity index (χ3n) is 3.82. The molecule has 0 saturated carbocycles. The number of hydrogen-bond acceptors (Lipinski definition) is 2. The summed E-state index contributed by atoms with van der Waals surface area (Å²) in [5.41, 5.74) is 3.12. The van der Waals surface area contributed by atoms with E-state index in [-0.39, 0.29) is 5.91 Å². The lowest BCUT2D eigenvalue weighted by atomic mass is 10.0. The number of fused-ring (bicyclic) bond motifs is 1. The average molecular weight is 293 g/mol. The Labute approximate surface area is 129 Å². The molecule has 4 heteroatoms. The second kappa shape index (κ2) is 6.43. The Balaban J connectivity index is 1.59. The van der Waals surface area contributed by atoms with Gasteiger partial charge in [0, 0.05) is 6.54 Å². The van der Waals surface area contributed by atoms with Gasteiger partial charge in [-0.3, -0.25) is 4.79 Å². The first-order valence-corrected chi connectivity index (χ1v) is 7.45. The van der Waals surface area contributed by atoms with E-state index in [4.69, 9.17) is 0 Å². The Morgan fingerprint density at radius 3 is 2.68 bits per heavy atom. The van der Waals surface area contributed by atoms with E-state index in [1.54, 1.807) is 6.33 Å². The Morgan fingerprint density at radius 2 is 1.86 bits per heavy atom. The van der Waals surface area contributed by atoms with Crippen molar-refractivity contribution in [1.82, 2.24) is 14.9 Å². The fourth-order valence-corrected chi connectivity index (χ4v) is 2.51. The van der Waals surface area contributed by atoms with Crippen molar-refractivity contribution in [2.75, 3.05) is 6.54 Å². The van der Waals surface area contributed by atoms with Gasteiger partial charge in [0.2, 0.25) is 5.91 Å². The summed E-state index contributed by atoms with van der Waals surface area (Å²) >= 11 is 0. The molecule has 1 heterocycles. The molecule has 3 rings (SSSR count). The number of benzene rings is 2. The second-order valence-electron chi connectivity index (χ2n) is 5.48. The quantitative estimate of drug-likeness (QED) is 0.786. The molecule has 1 amide bonds. The number of amides is 1. The van der Waals surface area contributed by atoms with Crippen molar-refractivity contribution in [2.24, 2.45) is 0 Å². The maximum Gasteiger partial charge on any atom is 0.240 e. The van der Waals surface area contributed by atoms with Crippen molar-refractivity contribution in [3.8, 4) is 0 Å². The van der Waals surface area contributed by atoms with Crippen molar-refractivity contribution in [1.29, 1.82) is 0 Å². The SMILES string of the molecule is C[C@H](CNC(=O)Cn1cnc2ccccc21)c1ccccc1. The highest BCUT2D eigenvalue weighted by Crippen LogP contribution is 2.13. The van der Waals surface area contributed by atoms with Crippen LogP contribution in [-0.4, -0.2) is 22.0 Å². The van der Waals surface area contributed by atoms with Crippen LogP contribution in [0.25, 0.3) is 11.0 Å². The number of aromatic nitrogens is 2. The molecule has 4 nitrogen and oxygen atoms in total. The second-order valence-corrected chi connectivity index (χ2v) is 5.48. The molecular weight excluding hydrogens is 274 g/mol. The monoisotopic (exact) mass is 293 g/mol. The Hall–Kier alpha value is -2.62. The van der Waals surface area contributed by atoms with Gasteiger partial charge in [-0.2, -0.15) is 0 Å². The fraction of sp³-hybridized carbons (Fsp3) is 0.222. The fourth-order valence-electron chi connectivity index (χ4n) is 2.51. The van der Waals surface area contributed by atoms with Gasteiger partial charge in [0.25, 0.3) is 0 Å². The lowest BCUT2D eigenvalue weighted by Gasteiger charge is -2.13. The van der Waals surface area contributed by atoms with Crippen LogP contribution in [0.5, 0.6) is 0 Å². The van der Waals surface area contributed by atoms with Gasteiger partial charge in [-0.15, -0.1) is 0 Å². The van der Waals surface area contributed by atoms with Gasteiger partial charge < -0.3 is 9.88 Å². The van der Waals surface area contributed by atoms with Gasteiger partial charge in [-0.25, -0.2) is 4.98 Å². The Bertz CT molecular complexity index is 764. The minimum Gasteiger partial charge on any atom is -0.354 e. The van der Waals surface area contributed by atoms with Crippen molar-refractivity contribution >= 4 is 16.9 Å². The third-order valence-corrected chi connectivity index (χ3v) is 3.82. The summed E-state index contributed by atoms with van der Waals surface area (Å²) in [6.45, 7) is 3.04. The van der Waals surface area contributed by atoms with E-state index in [0.29, 0.717) is 19.0 Å². The number of nitrogens with zero attached hydrogens (tertiary/aromatic N) is 2. The largest absolute Gasteiger partial charge is 0.354 e. The van der Waals surface area contributed by atoms with E-state index < -0.39 is 0 Å². The van der Waals surface area contributed by atoms with Crippen LogP contribution in [-0.2, 0) is 11.3 Å².